The first-order chi connectivity index (χ1) is 20.3. The molecule has 0 fully saturated rings. The number of carboxylic acids is 1. The van der Waals surface area contributed by atoms with E-state index in [0.717, 1.165) is 12.0 Å². The van der Waals surface area contributed by atoms with E-state index in [-0.39, 0.29) is 41.0 Å². The zero-order chi connectivity index (χ0) is 31.7. The van der Waals surface area contributed by atoms with Gasteiger partial charge in [-0.05, 0) is 52.2 Å². The number of alkyl halides is 3. The summed E-state index contributed by atoms with van der Waals surface area (Å²) in [6.07, 6.45) is -2.49. The van der Waals surface area contributed by atoms with Gasteiger partial charge in [0.2, 0.25) is 5.43 Å². The van der Waals surface area contributed by atoms with Crippen molar-refractivity contribution < 1.29 is 37.0 Å². The summed E-state index contributed by atoms with van der Waals surface area (Å²) in [5.74, 6) is -3.60. The second kappa shape index (κ2) is 15.2. The van der Waals surface area contributed by atoms with E-state index >= 15 is 0 Å². The van der Waals surface area contributed by atoms with Crippen LogP contribution in [0.5, 0.6) is 5.75 Å². The molecule has 0 aliphatic carbocycles. The quantitative estimate of drug-likeness (QED) is 0.156. The van der Waals surface area contributed by atoms with Crippen LogP contribution >= 0.6 is 27.5 Å². The van der Waals surface area contributed by atoms with Gasteiger partial charge in [0.25, 0.3) is 5.91 Å². The van der Waals surface area contributed by atoms with Crippen LogP contribution in [-0.2, 0) is 31.0 Å². The average molecular weight is 689 g/mol. The van der Waals surface area contributed by atoms with Gasteiger partial charge in [-0.2, -0.15) is 13.2 Å². The first-order valence-electron chi connectivity index (χ1n) is 12.8. The van der Waals surface area contributed by atoms with Crippen LogP contribution in [0.15, 0.2) is 70.5 Å². The highest BCUT2D eigenvalue weighted by atomic mass is 79.9. The van der Waals surface area contributed by atoms with Gasteiger partial charge in [0.15, 0.2) is 11.4 Å². The number of benzene rings is 2. The van der Waals surface area contributed by atoms with E-state index in [1.165, 1.54) is 12.1 Å². The summed E-state index contributed by atoms with van der Waals surface area (Å²) in [5.41, 5.74) is 2.09. The van der Waals surface area contributed by atoms with E-state index in [4.69, 9.17) is 26.2 Å². The maximum atomic E-state index is 13.7. The summed E-state index contributed by atoms with van der Waals surface area (Å²) < 4.78 is 53.6. The zero-order valence-electron chi connectivity index (χ0n) is 22.6. The number of aliphatic carboxylic acids is 1. The fourth-order valence-electron chi connectivity index (χ4n) is 4.10. The topological polar surface area (TPSA) is 101 Å². The Kier molecular flexibility index (Phi) is 11.9. The van der Waals surface area contributed by atoms with Crippen LogP contribution in [0.2, 0.25) is 5.02 Å². The molecule has 0 radical (unpaired) electrons. The van der Waals surface area contributed by atoms with E-state index in [1.54, 1.807) is 11.0 Å². The molecule has 0 unspecified atom stereocenters. The first-order valence-corrected chi connectivity index (χ1v) is 14.0. The number of hydrogen-bond acceptors (Lipinski definition) is 5. The molecule has 0 saturated carbocycles. The maximum Gasteiger partial charge on any atom is 0.490 e. The van der Waals surface area contributed by atoms with Crippen molar-refractivity contribution in [2.45, 2.75) is 38.8 Å². The lowest BCUT2D eigenvalue weighted by atomic mass is 10.1. The minimum atomic E-state index is -5.08. The first kappa shape index (κ1) is 33.8. The van der Waals surface area contributed by atoms with Crippen molar-refractivity contribution in [3.05, 3.63) is 109 Å². The Morgan fingerprint density at radius 3 is 2.42 bits per heavy atom. The normalized spacial score (nSPS) is 12.7. The molecule has 2 aromatic carbocycles. The molecule has 230 valence electrons. The van der Waals surface area contributed by atoms with Gasteiger partial charge in [-0.25, -0.2) is 9.18 Å². The van der Waals surface area contributed by atoms with Crippen LogP contribution in [0.1, 0.15) is 33.7 Å². The second-order valence-electron chi connectivity index (χ2n) is 9.23. The highest BCUT2D eigenvalue weighted by molar-refractivity contribution is 9.10. The predicted molar refractivity (Wildman–Crippen MR) is 156 cm³/mol. The number of rotatable bonds is 10. The molecule has 1 amide bonds. The van der Waals surface area contributed by atoms with Crippen LogP contribution in [0, 0.1) is 5.82 Å². The van der Waals surface area contributed by atoms with Crippen molar-refractivity contribution in [2.75, 3.05) is 13.1 Å². The molecule has 2 heterocycles. The van der Waals surface area contributed by atoms with Crippen molar-refractivity contribution in [2.24, 2.45) is 0 Å². The standard InChI is InChI=1S/C27H26BrClFN3O3.C2HF3O2/c1-2-3-11-31-15-22-23(28)25(34)26(36-17-18-7-5-4-6-8-18)24-27(35)32(12-13-33(22)24)16-19-9-10-21(30)20(29)14-19;3-2(4,5)1(6)7/h2,4-10,14,31H,1,3,11-13,15-17H2;(H,6,7). The third kappa shape index (κ3) is 8.91. The molecule has 1 aromatic heterocycles. The van der Waals surface area contributed by atoms with Gasteiger partial charge in [0.1, 0.15) is 12.4 Å². The SMILES string of the molecule is C=CCCNCc1c(Br)c(=O)c(OCc2ccccc2)c2n1CCN(Cc1ccc(F)c(Cl)c1)C2=O.O=C(O)C(F)(F)F. The minimum Gasteiger partial charge on any atom is -0.483 e. The number of fused-ring (bicyclic) bond motifs is 1. The van der Waals surface area contributed by atoms with Crippen LogP contribution in [-0.4, -0.2) is 45.7 Å². The van der Waals surface area contributed by atoms with Gasteiger partial charge in [0, 0.05) is 26.2 Å². The van der Waals surface area contributed by atoms with E-state index < -0.39 is 18.0 Å². The summed E-state index contributed by atoms with van der Waals surface area (Å²) in [4.78, 5) is 37.7. The van der Waals surface area contributed by atoms with Gasteiger partial charge in [-0.3, -0.25) is 9.59 Å². The number of carbonyl (C=O) groups excluding carboxylic acids is 1. The molecule has 4 rings (SSSR count). The number of halogens is 6. The van der Waals surface area contributed by atoms with Crippen LogP contribution < -0.4 is 15.5 Å². The fraction of sp³-hybridized carbons (Fsp3) is 0.276. The number of nitrogens with one attached hydrogen (secondary N) is 1. The molecular weight excluding hydrogens is 662 g/mol. The maximum absolute atomic E-state index is 13.7. The number of carbonyl (C=O) groups is 2. The predicted octanol–water partition coefficient (Wildman–Crippen LogP) is 5.94. The summed E-state index contributed by atoms with van der Waals surface area (Å²) in [7, 11) is 0. The fourth-order valence-corrected chi connectivity index (χ4v) is 4.84. The molecule has 8 nitrogen and oxygen atoms in total. The lowest BCUT2D eigenvalue weighted by Gasteiger charge is -2.33. The molecular formula is C29H27BrClF4N3O5. The second-order valence-corrected chi connectivity index (χ2v) is 10.4. The Bertz CT molecular complexity index is 1530. The van der Waals surface area contributed by atoms with Gasteiger partial charge < -0.3 is 24.6 Å². The van der Waals surface area contributed by atoms with Crippen molar-refractivity contribution in [1.82, 2.24) is 14.8 Å². The summed E-state index contributed by atoms with van der Waals surface area (Å²) in [6.45, 7) is 6.07. The molecule has 1 aliphatic heterocycles. The van der Waals surface area contributed by atoms with E-state index in [0.29, 0.717) is 41.9 Å². The molecule has 1 aliphatic rings. The lowest BCUT2D eigenvalue weighted by Crippen LogP contribution is -2.43. The number of ether oxygens (including phenoxy) is 1. The number of nitrogens with zero attached hydrogens (tertiary/aromatic N) is 2. The van der Waals surface area contributed by atoms with Gasteiger partial charge in [0.05, 0.1) is 15.2 Å². The van der Waals surface area contributed by atoms with E-state index in [1.807, 2.05) is 41.0 Å². The Balaban J connectivity index is 0.000000646. The van der Waals surface area contributed by atoms with E-state index in [2.05, 4.69) is 27.8 Å². The van der Waals surface area contributed by atoms with Gasteiger partial charge in [-0.15, -0.1) is 6.58 Å². The summed E-state index contributed by atoms with van der Waals surface area (Å²) >= 11 is 9.40. The molecule has 43 heavy (non-hydrogen) atoms. The number of aromatic nitrogens is 1. The number of carboxylic acid groups (broad SMARTS) is 1. The lowest BCUT2D eigenvalue weighted by molar-refractivity contribution is -0.192. The smallest absolute Gasteiger partial charge is 0.483 e. The zero-order valence-corrected chi connectivity index (χ0v) is 24.9. The molecule has 14 heteroatoms. The van der Waals surface area contributed by atoms with Gasteiger partial charge in [-0.1, -0.05) is 54.1 Å². The molecule has 0 atom stereocenters. The van der Waals surface area contributed by atoms with Crippen molar-refractivity contribution in [1.29, 1.82) is 0 Å². The molecule has 3 aromatic rings. The molecule has 0 spiro atoms. The number of amides is 1. The van der Waals surface area contributed by atoms with Crippen LogP contribution in [0.4, 0.5) is 17.6 Å². The largest absolute Gasteiger partial charge is 0.490 e. The molecule has 2 N–H and O–H groups in total. The Labute approximate surface area is 257 Å². The number of pyridine rings is 1. The Morgan fingerprint density at radius 1 is 1.14 bits per heavy atom. The van der Waals surface area contributed by atoms with Crippen LogP contribution in [0.25, 0.3) is 0 Å². The van der Waals surface area contributed by atoms with Crippen molar-refractivity contribution in [3.8, 4) is 5.75 Å². The average Bonchev–Trinajstić information content (AvgIpc) is 2.96. The third-order valence-electron chi connectivity index (χ3n) is 6.20. The van der Waals surface area contributed by atoms with Crippen molar-refractivity contribution in [3.63, 3.8) is 0 Å². The monoisotopic (exact) mass is 687 g/mol. The highest BCUT2D eigenvalue weighted by Crippen LogP contribution is 2.29. The highest BCUT2D eigenvalue weighted by Gasteiger charge is 2.38. The Morgan fingerprint density at radius 2 is 1.81 bits per heavy atom. The number of hydrogen-bond donors (Lipinski definition) is 2. The minimum absolute atomic E-state index is 0.00252. The molecule has 0 bridgehead atoms. The van der Waals surface area contributed by atoms with Gasteiger partial charge >= 0.3 is 12.1 Å². The summed E-state index contributed by atoms with van der Waals surface area (Å²) in [6, 6.07) is 13.8. The van der Waals surface area contributed by atoms with E-state index in [9.17, 15) is 27.2 Å². The third-order valence-corrected chi connectivity index (χ3v) is 7.30. The molecule has 0 saturated heterocycles. The Hall–Kier alpha value is -3.68. The van der Waals surface area contributed by atoms with Crippen LogP contribution in [0.3, 0.4) is 0 Å². The van der Waals surface area contributed by atoms with Crippen molar-refractivity contribution >= 4 is 39.4 Å². The summed E-state index contributed by atoms with van der Waals surface area (Å²) in [5, 5.41) is 10.4.